The van der Waals surface area contributed by atoms with E-state index in [1.165, 1.54) is 13.2 Å². The highest BCUT2D eigenvalue weighted by molar-refractivity contribution is 9.10. The van der Waals surface area contributed by atoms with Gasteiger partial charge in [-0.2, -0.15) is 0 Å². The van der Waals surface area contributed by atoms with Gasteiger partial charge in [0.2, 0.25) is 0 Å². The summed E-state index contributed by atoms with van der Waals surface area (Å²) in [6.07, 6.45) is 0. The number of para-hydroxylation sites is 1. The zero-order valence-electron chi connectivity index (χ0n) is 16.1. The molecule has 3 aromatic carbocycles. The Morgan fingerprint density at radius 3 is 2.71 bits per heavy atom. The second-order valence-electron chi connectivity index (χ2n) is 6.43. The van der Waals surface area contributed by atoms with E-state index in [2.05, 4.69) is 26.6 Å². The topological polar surface area (TPSA) is 63.2 Å². The summed E-state index contributed by atoms with van der Waals surface area (Å²) in [7, 11) is 1.52. The lowest BCUT2D eigenvalue weighted by molar-refractivity contribution is 0.0977. The van der Waals surface area contributed by atoms with Crippen LogP contribution in [0.4, 0.5) is 5.69 Å². The molecule has 0 spiro atoms. The molecule has 1 heterocycles. The van der Waals surface area contributed by atoms with Gasteiger partial charge in [0.1, 0.15) is 10.8 Å². The van der Waals surface area contributed by atoms with Crippen molar-refractivity contribution in [1.82, 2.24) is 10.3 Å². The molecule has 0 bridgehead atoms. The number of thiazole rings is 1. The Morgan fingerprint density at radius 1 is 1.16 bits per heavy atom. The Hall–Kier alpha value is -2.52. The molecule has 4 aromatic rings. The Bertz CT molecular complexity index is 1280. The number of carbonyl (C=O) groups is 1. The molecule has 5 nitrogen and oxygen atoms in total. The van der Waals surface area contributed by atoms with E-state index in [9.17, 15) is 4.79 Å². The molecule has 0 fully saturated rings. The molecule has 4 rings (SSSR count). The van der Waals surface area contributed by atoms with Crippen LogP contribution in [0, 0.1) is 0 Å². The number of hydrogen-bond acceptors (Lipinski definition) is 5. The average Bonchev–Trinajstić information content (AvgIpc) is 3.19. The van der Waals surface area contributed by atoms with Crippen molar-refractivity contribution in [2.75, 3.05) is 12.4 Å². The normalized spacial score (nSPS) is 10.7. The molecule has 0 saturated heterocycles. The number of aromatic nitrogens is 1. The summed E-state index contributed by atoms with van der Waals surface area (Å²) in [6.45, 7) is 0. The SMILES string of the molecule is COc1ccc(C(=O)NC(=S)Nc2ccc(Br)cc2-c2nc3ccccc3s2)cc1Cl. The Labute approximate surface area is 201 Å². The molecule has 31 heavy (non-hydrogen) atoms. The first-order valence-electron chi connectivity index (χ1n) is 9.06. The smallest absolute Gasteiger partial charge is 0.257 e. The number of anilines is 1. The number of amides is 1. The molecular weight excluding hydrogens is 518 g/mol. The molecule has 9 heteroatoms. The first kappa shape index (κ1) is 21.7. The highest BCUT2D eigenvalue weighted by Crippen LogP contribution is 2.36. The van der Waals surface area contributed by atoms with Crippen molar-refractivity contribution in [3.8, 4) is 16.3 Å². The van der Waals surface area contributed by atoms with E-state index in [1.807, 2.05) is 42.5 Å². The number of thiocarbonyl (C=S) groups is 1. The van der Waals surface area contributed by atoms with Crippen LogP contribution in [0.1, 0.15) is 10.4 Å². The molecule has 1 amide bonds. The minimum atomic E-state index is -0.374. The lowest BCUT2D eigenvalue weighted by atomic mass is 10.2. The van der Waals surface area contributed by atoms with Gasteiger partial charge in [-0.05, 0) is 60.7 Å². The zero-order chi connectivity index (χ0) is 22.0. The van der Waals surface area contributed by atoms with Crippen LogP contribution in [0.25, 0.3) is 20.8 Å². The van der Waals surface area contributed by atoms with Gasteiger partial charge in [-0.1, -0.05) is 39.7 Å². The fourth-order valence-corrected chi connectivity index (χ4v) is 4.74. The lowest BCUT2D eigenvalue weighted by Crippen LogP contribution is -2.34. The maximum atomic E-state index is 12.6. The van der Waals surface area contributed by atoms with Crippen LogP contribution in [-0.4, -0.2) is 23.1 Å². The van der Waals surface area contributed by atoms with Crippen molar-refractivity contribution in [3.63, 3.8) is 0 Å². The summed E-state index contributed by atoms with van der Waals surface area (Å²) in [5, 5.41) is 7.15. The highest BCUT2D eigenvalue weighted by atomic mass is 79.9. The monoisotopic (exact) mass is 531 g/mol. The number of halogens is 2. The van der Waals surface area contributed by atoms with E-state index >= 15 is 0 Å². The van der Waals surface area contributed by atoms with Crippen LogP contribution in [0.15, 0.2) is 65.1 Å². The van der Waals surface area contributed by atoms with Crippen LogP contribution >= 0.6 is 51.1 Å². The Balaban J connectivity index is 1.56. The lowest BCUT2D eigenvalue weighted by Gasteiger charge is -2.13. The summed E-state index contributed by atoms with van der Waals surface area (Å²) in [6, 6.07) is 18.5. The predicted molar refractivity (Wildman–Crippen MR) is 134 cm³/mol. The molecule has 0 atom stereocenters. The van der Waals surface area contributed by atoms with Gasteiger partial charge in [-0.15, -0.1) is 11.3 Å². The van der Waals surface area contributed by atoms with E-state index in [1.54, 1.807) is 23.5 Å². The number of rotatable bonds is 4. The number of ether oxygens (including phenoxy) is 1. The van der Waals surface area contributed by atoms with E-state index < -0.39 is 0 Å². The average molecular weight is 533 g/mol. The van der Waals surface area contributed by atoms with Crippen molar-refractivity contribution >= 4 is 78.0 Å². The highest BCUT2D eigenvalue weighted by Gasteiger charge is 2.15. The zero-order valence-corrected chi connectivity index (χ0v) is 20.1. The summed E-state index contributed by atoms with van der Waals surface area (Å²) in [5.41, 5.74) is 2.91. The number of nitrogens with zero attached hydrogens (tertiary/aromatic N) is 1. The second kappa shape index (κ2) is 9.32. The summed E-state index contributed by atoms with van der Waals surface area (Å²) in [4.78, 5) is 17.3. The van der Waals surface area contributed by atoms with Gasteiger partial charge in [0.15, 0.2) is 5.11 Å². The molecule has 1 aromatic heterocycles. The number of carbonyl (C=O) groups excluding carboxylic acids is 1. The van der Waals surface area contributed by atoms with Crippen LogP contribution < -0.4 is 15.4 Å². The van der Waals surface area contributed by atoms with E-state index in [0.717, 1.165) is 30.9 Å². The van der Waals surface area contributed by atoms with E-state index in [4.69, 9.17) is 33.5 Å². The summed E-state index contributed by atoms with van der Waals surface area (Å²) < 4.78 is 7.12. The molecule has 0 aliphatic heterocycles. The van der Waals surface area contributed by atoms with Gasteiger partial charge >= 0.3 is 0 Å². The van der Waals surface area contributed by atoms with E-state index in [0.29, 0.717) is 16.3 Å². The molecule has 0 aliphatic rings. The first-order chi connectivity index (χ1) is 14.9. The Kier molecular flexibility index (Phi) is 6.52. The number of fused-ring (bicyclic) bond motifs is 1. The third-order valence-electron chi connectivity index (χ3n) is 4.40. The van der Waals surface area contributed by atoms with Crippen LogP contribution in [-0.2, 0) is 0 Å². The standard InChI is InChI=1S/C22H15BrClN3O2S2/c1-29-18-9-6-12(10-15(18)24)20(28)27-22(30)26-16-8-7-13(23)11-14(16)21-25-17-4-2-3-5-19(17)31-21/h2-11H,1H3,(H2,26,27,28,30). The van der Waals surface area contributed by atoms with Gasteiger partial charge in [0.05, 0.1) is 28.0 Å². The number of benzene rings is 3. The fourth-order valence-electron chi connectivity index (χ4n) is 2.93. The van der Waals surface area contributed by atoms with Gasteiger partial charge in [0.25, 0.3) is 5.91 Å². The molecule has 0 saturated carbocycles. The Morgan fingerprint density at radius 2 is 1.97 bits per heavy atom. The van der Waals surface area contributed by atoms with Crippen molar-refractivity contribution in [2.45, 2.75) is 0 Å². The third kappa shape index (κ3) is 4.88. The van der Waals surface area contributed by atoms with Gasteiger partial charge in [-0.3, -0.25) is 10.1 Å². The fraction of sp³-hybridized carbons (Fsp3) is 0.0455. The van der Waals surface area contributed by atoms with Gasteiger partial charge in [0, 0.05) is 15.6 Å². The molecule has 156 valence electrons. The minimum Gasteiger partial charge on any atom is -0.495 e. The predicted octanol–water partition coefficient (Wildman–Crippen LogP) is 6.51. The largest absolute Gasteiger partial charge is 0.495 e. The molecule has 0 aliphatic carbocycles. The van der Waals surface area contributed by atoms with Crippen LogP contribution in [0.3, 0.4) is 0 Å². The quantitative estimate of drug-likeness (QED) is 0.293. The number of methoxy groups -OCH3 is 1. The minimum absolute atomic E-state index is 0.168. The van der Waals surface area contributed by atoms with Crippen molar-refractivity contribution in [1.29, 1.82) is 0 Å². The number of hydrogen-bond donors (Lipinski definition) is 2. The van der Waals surface area contributed by atoms with Gasteiger partial charge < -0.3 is 10.1 Å². The van der Waals surface area contributed by atoms with Crippen molar-refractivity contribution < 1.29 is 9.53 Å². The van der Waals surface area contributed by atoms with Crippen LogP contribution in [0.2, 0.25) is 5.02 Å². The molecular formula is C22H15BrClN3O2S2. The maximum absolute atomic E-state index is 12.6. The maximum Gasteiger partial charge on any atom is 0.257 e. The molecule has 0 radical (unpaired) electrons. The van der Waals surface area contributed by atoms with Gasteiger partial charge in [-0.25, -0.2) is 4.98 Å². The summed E-state index contributed by atoms with van der Waals surface area (Å²) in [5.74, 6) is 0.120. The van der Waals surface area contributed by atoms with Crippen molar-refractivity contribution in [2.24, 2.45) is 0 Å². The van der Waals surface area contributed by atoms with Crippen molar-refractivity contribution in [3.05, 3.63) is 75.7 Å². The molecule has 2 N–H and O–H groups in total. The second-order valence-corrected chi connectivity index (χ2v) is 9.20. The number of nitrogens with one attached hydrogen (secondary N) is 2. The van der Waals surface area contributed by atoms with E-state index in [-0.39, 0.29) is 11.0 Å². The summed E-state index contributed by atoms with van der Waals surface area (Å²) >= 11 is 16.6. The first-order valence-corrected chi connectivity index (χ1v) is 11.5. The van der Waals surface area contributed by atoms with Crippen LogP contribution in [0.5, 0.6) is 5.75 Å². The molecule has 0 unspecified atom stereocenters. The third-order valence-corrected chi connectivity index (χ3v) is 6.46.